The molecule has 0 spiro atoms. The minimum atomic E-state index is 0.0352. The van der Waals surface area contributed by atoms with Crippen LogP contribution in [0, 0.1) is 6.92 Å². The molecule has 5 heterocycles. The van der Waals surface area contributed by atoms with E-state index in [4.69, 9.17) is 4.74 Å². The zero-order chi connectivity index (χ0) is 25.4. The Hall–Kier alpha value is -4.25. The van der Waals surface area contributed by atoms with Gasteiger partial charge in [0.2, 0.25) is 5.91 Å². The number of anilines is 2. The first-order chi connectivity index (χ1) is 18.1. The van der Waals surface area contributed by atoms with Crippen LogP contribution in [0.3, 0.4) is 0 Å². The second-order valence-corrected chi connectivity index (χ2v) is 9.45. The van der Waals surface area contributed by atoms with Gasteiger partial charge in [-0.25, -0.2) is 19.0 Å². The first-order valence-electron chi connectivity index (χ1n) is 11.8. The summed E-state index contributed by atoms with van der Waals surface area (Å²) >= 11 is 3.31. The number of rotatable bonds is 7. The zero-order valence-corrected chi connectivity index (χ0v) is 21.5. The Morgan fingerprint density at radius 1 is 1.11 bits per heavy atom. The molecular weight excluding hydrogens is 536 g/mol. The van der Waals surface area contributed by atoms with Crippen LogP contribution in [-0.2, 0) is 4.79 Å². The van der Waals surface area contributed by atoms with Crippen molar-refractivity contribution in [2.24, 2.45) is 0 Å². The number of likely N-dealkylation sites (tertiary alicyclic amines) is 1. The van der Waals surface area contributed by atoms with E-state index in [1.54, 1.807) is 10.6 Å². The fraction of sp³-hybridized carbons (Fsp3) is 0.192. The minimum Gasteiger partial charge on any atom is -0.457 e. The van der Waals surface area contributed by atoms with Crippen molar-refractivity contribution in [1.29, 1.82) is 0 Å². The van der Waals surface area contributed by atoms with E-state index >= 15 is 0 Å². The maximum atomic E-state index is 12.3. The monoisotopic (exact) mass is 558 g/mol. The van der Waals surface area contributed by atoms with Crippen molar-refractivity contribution < 1.29 is 9.53 Å². The van der Waals surface area contributed by atoms with Crippen molar-refractivity contribution in [3.05, 3.63) is 84.7 Å². The third-order valence-electron chi connectivity index (χ3n) is 6.39. The second-order valence-electron chi connectivity index (χ2n) is 8.80. The normalized spacial score (nSPS) is 13.9. The van der Waals surface area contributed by atoms with Gasteiger partial charge in [0.05, 0.1) is 0 Å². The summed E-state index contributed by atoms with van der Waals surface area (Å²) in [6.07, 6.45) is 10.2. The fourth-order valence-corrected chi connectivity index (χ4v) is 4.66. The number of pyridine rings is 1. The number of hydrogen-bond acceptors (Lipinski definition) is 7. The Morgan fingerprint density at radius 2 is 1.92 bits per heavy atom. The Balaban J connectivity index is 1.20. The van der Waals surface area contributed by atoms with Gasteiger partial charge in [-0.05, 0) is 54.5 Å². The van der Waals surface area contributed by atoms with Gasteiger partial charge in [-0.1, -0.05) is 22.0 Å². The lowest BCUT2D eigenvalue weighted by molar-refractivity contribution is -0.130. The number of fused-ring (bicyclic) bond motifs is 2. The van der Waals surface area contributed by atoms with E-state index in [2.05, 4.69) is 47.5 Å². The van der Waals surface area contributed by atoms with Gasteiger partial charge < -0.3 is 15.0 Å². The lowest BCUT2D eigenvalue weighted by Crippen LogP contribution is -2.47. The first kappa shape index (κ1) is 23.2. The third kappa shape index (κ3) is 4.53. The van der Waals surface area contributed by atoms with Gasteiger partial charge in [0, 0.05) is 48.5 Å². The fourth-order valence-electron chi connectivity index (χ4n) is 4.47. The first-order valence-corrected chi connectivity index (χ1v) is 12.9. The van der Waals surface area contributed by atoms with E-state index in [9.17, 15) is 4.79 Å². The van der Waals surface area contributed by atoms with Gasteiger partial charge in [-0.2, -0.15) is 10.2 Å². The highest BCUT2D eigenvalue weighted by Crippen LogP contribution is 2.35. The summed E-state index contributed by atoms with van der Waals surface area (Å²) in [6.45, 7) is 3.34. The number of hydrogen-bond donors (Lipinski definition) is 1. The molecule has 10 nitrogen and oxygen atoms in total. The summed E-state index contributed by atoms with van der Waals surface area (Å²) in [4.78, 5) is 22.8. The molecule has 1 fully saturated rings. The molecule has 0 bridgehead atoms. The molecular formula is C26H23BrN8O2. The Morgan fingerprint density at radius 3 is 2.76 bits per heavy atom. The molecule has 1 amide bonds. The summed E-state index contributed by atoms with van der Waals surface area (Å²) in [5.74, 6) is 2.42. The van der Waals surface area contributed by atoms with Gasteiger partial charge in [-0.3, -0.25) is 4.79 Å². The standard InChI is InChI=1S/C26H23BrN8O2/c1-17-11-19(4-5-22(17)37-20-6-9-34-23(12-20)28-15-30-34)32-26-25-21(7-10-35(25)31-16-29-26)18-13-33(14-18)24(36)3-2-8-27/h2-7,9-12,15-16,18H,8,13-14H2,1H3,(H,29,31,32)/b3-2+. The number of carbonyl (C=O) groups excluding carboxylic acids is 1. The van der Waals surface area contributed by atoms with Crippen molar-refractivity contribution in [3.63, 3.8) is 0 Å². The molecule has 1 aliphatic rings. The van der Waals surface area contributed by atoms with Crippen molar-refractivity contribution >= 4 is 44.5 Å². The number of ether oxygens (including phenoxy) is 1. The molecule has 0 radical (unpaired) electrons. The molecule has 11 heteroatoms. The maximum Gasteiger partial charge on any atom is 0.246 e. The lowest BCUT2D eigenvalue weighted by atomic mass is 9.92. The molecule has 186 valence electrons. The molecule has 0 aliphatic carbocycles. The van der Waals surface area contributed by atoms with Crippen molar-refractivity contribution in [3.8, 4) is 11.5 Å². The van der Waals surface area contributed by atoms with Crippen LogP contribution in [0.25, 0.3) is 11.2 Å². The van der Waals surface area contributed by atoms with Crippen LogP contribution >= 0.6 is 15.9 Å². The van der Waals surface area contributed by atoms with Crippen molar-refractivity contribution in [2.75, 3.05) is 23.7 Å². The summed E-state index contributed by atoms with van der Waals surface area (Å²) < 4.78 is 9.61. The molecule has 1 saturated heterocycles. The van der Waals surface area contributed by atoms with E-state index in [-0.39, 0.29) is 11.8 Å². The molecule has 0 saturated carbocycles. The lowest BCUT2D eigenvalue weighted by Gasteiger charge is -2.38. The van der Waals surface area contributed by atoms with Crippen LogP contribution in [0.5, 0.6) is 11.5 Å². The minimum absolute atomic E-state index is 0.0352. The highest BCUT2D eigenvalue weighted by molar-refractivity contribution is 9.09. The number of aryl methyl sites for hydroxylation is 1. The number of benzene rings is 1. The van der Waals surface area contributed by atoms with Crippen LogP contribution in [0.15, 0.2) is 73.6 Å². The molecule has 1 N–H and O–H groups in total. The van der Waals surface area contributed by atoms with Crippen LogP contribution in [0.4, 0.5) is 11.5 Å². The van der Waals surface area contributed by atoms with Gasteiger partial charge in [0.1, 0.15) is 29.7 Å². The number of aromatic nitrogens is 6. The smallest absolute Gasteiger partial charge is 0.246 e. The van der Waals surface area contributed by atoms with Gasteiger partial charge in [0.25, 0.3) is 0 Å². The zero-order valence-electron chi connectivity index (χ0n) is 20.0. The van der Waals surface area contributed by atoms with Crippen molar-refractivity contribution in [1.82, 2.24) is 34.1 Å². The largest absolute Gasteiger partial charge is 0.457 e. The van der Waals surface area contributed by atoms with E-state index in [0.717, 1.165) is 33.7 Å². The molecule has 4 aromatic heterocycles. The molecule has 0 atom stereocenters. The average Bonchev–Trinajstić information content (AvgIpc) is 3.51. The topological polar surface area (TPSA) is 102 Å². The predicted octanol–water partition coefficient (Wildman–Crippen LogP) is 4.49. The van der Waals surface area contributed by atoms with Gasteiger partial charge in [0.15, 0.2) is 11.5 Å². The van der Waals surface area contributed by atoms with E-state index in [1.807, 2.05) is 65.1 Å². The SMILES string of the molecule is Cc1cc(Nc2ncnn3ccc(C4CN(C(=O)/C=C/CBr)C4)c23)ccc1Oc1ccn2ncnc2c1. The summed E-state index contributed by atoms with van der Waals surface area (Å²) in [5, 5.41) is 12.6. The van der Waals surface area contributed by atoms with E-state index in [0.29, 0.717) is 30.0 Å². The van der Waals surface area contributed by atoms with Crippen LogP contribution < -0.4 is 10.1 Å². The number of alkyl halides is 1. The van der Waals surface area contributed by atoms with Crippen LogP contribution in [0.2, 0.25) is 0 Å². The number of amides is 1. The van der Waals surface area contributed by atoms with E-state index in [1.165, 1.54) is 12.7 Å². The Labute approximate surface area is 220 Å². The molecule has 1 aliphatic heterocycles. The highest BCUT2D eigenvalue weighted by atomic mass is 79.9. The summed E-state index contributed by atoms with van der Waals surface area (Å²) in [6, 6.07) is 11.7. The molecule has 1 aromatic carbocycles. The number of nitrogens with zero attached hydrogens (tertiary/aromatic N) is 7. The number of carbonyl (C=O) groups is 1. The molecule has 0 unspecified atom stereocenters. The quantitative estimate of drug-likeness (QED) is 0.232. The van der Waals surface area contributed by atoms with Crippen LogP contribution in [0.1, 0.15) is 17.0 Å². The summed E-state index contributed by atoms with van der Waals surface area (Å²) in [7, 11) is 0. The van der Waals surface area contributed by atoms with Crippen molar-refractivity contribution in [2.45, 2.75) is 12.8 Å². The third-order valence-corrected chi connectivity index (χ3v) is 6.76. The van der Waals surface area contributed by atoms with E-state index < -0.39 is 0 Å². The average molecular weight is 559 g/mol. The second kappa shape index (κ2) is 9.66. The molecule has 5 aromatic rings. The molecule has 37 heavy (non-hydrogen) atoms. The number of allylic oxidation sites excluding steroid dienone is 1. The Bertz CT molecular complexity index is 1640. The number of nitrogens with one attached hydrogen (secondary N) is 1. The summed E-state index contributed by atoms with van der Waals surface area (Å²) in [5.41, 5.74) is 4.61. The number of halogens is 1. The van der Waals surface area contributed by atoms with Gasteiger partial charge in [-0.15, -0.1) is 0 Å². The van der Waals surface area contributed by atoms with Crippen LogP contribution in [-0.4, -0.2) is 58.4 Å². The maximum absolute atomic E-state index is 12.3. The predicted molar refractivity (Wildman–Crippen MR) is 143 cm³/mol. The Kier molecular flexibility index (Phi) is 6.05. The molecule has 6 rings (SSSR count). The highest BCUT2D eigenvalue weighted by Gasteiger charge is 2.33. The van der Waals surface area contributed by atoms with Gasteiger partial charge >= 0.3 is 0 Å².